The Balaban J connectivity index is 2.81. The summed E-state index contributed by atoms with van der Waals surface area (Å²) in [5, 5.41) is 0. The van der Waals surface area contributed by atoms with Crippen molar-refractivity contribution in [2.45, 2.75) is 53.5 Å². The molecule has 0 aromatic carbocycles. The molecule has 0 aliphatic carbocycles. The summed E-state index contributed by atoms with van der Waals surface area (Å²) in [6, 6.07) is -0.185. The Morgan fingerprint density at radius 1 is 1.25 bits per heavy atom. The first-order chi connectivity index (χ1) is 7.25. The van der Waals surface area contributed by atoms with Crippen molar-refractivity contribution in [1.29, 1.82) is 0 Å². The van der Waals surface area contributed by atoms with Crippen LogP contribution in [0, 0.1) is 11.3 Å². The maximum atomic E-state index is 12.2. The van der Waals surface area contributed by atoms with E-state index in [0.717, 1.165) is 19.4 Å². The number of nitrogens with zero attached hydrogens (tertiary/aromatic N) is 1. The van der Waals surface area contributed by atoms with Crippen molar-refractivity contribution in [3.05, 3.63) is 0 Å². The molecule has 92 valence electrons. The minimum atomic E-state index is -0.357. The van der Waals surface area contributed by atoms with Gasteiger partial charge in [0.15, 0.2) is 5.78 Å². The SMILES string of the molecule is CC(C)C(=O)N1CCCC1C(=O)C(C)(C)C. The molecule has 0 bridgehead atoms. The highest BCUT2D eigenvalue weighted by atomic mass is 16.2. The van der Waals surface area contributed by atoms with Gasteiger partial charge in [-0.1, -0.05) is 34.6 Å². The van der Waals surface area contributed by atoms with E-state index >= 15 is 0 Å². The lowest BCUT2D eigenvalue weighted by atomic mass is 9.85. The van der Waals surface area contributed by atoms with Crippen LogP contribution in [-0.4, -0.2) is 29.2 Å². The number of carbonyl (C=O) groups is 2. The monoisotopic (exact) mass is 225 g/mol. The minimum Gasteiger partial charge on any atom is -0.332 e. The largest absolute Gasteiger partial charge is 0.332 e. The van der Waals surface area contributed by atoms with Crippen LogP contribution in [0.3, 0.4) is 0 Å². The van der Waals surface area contributed by atoms with E-state index in [1.807, 2.05) is 34.6 Å². The number of likely N-dealkylation sites (tertiary alicyclic amines) is 1. The minimum absolute atomic E-state index is 0.0200. The number of rotatable bonds is 2. The van der Waals surface area contributed by atoms with Crippen molar-refractivity contribution in [2.75, 3.05) is 6.54 Å². The zero-order valence-corrected chi connectivity index (χ0v) is 11.0. The fourth-order valence-corrected chi connectivity index (χ4v) is 2.13. The first kappa shape index (κ1) is 13.2. The number of hydrogen-bond acceptors (Lipinski definition) is 2. The highest BCUT2D eigenvalue weighted by Crippen LogP contribution is 2.27. The van der Waals surface area contributed by atoms with Crippen LogP contribution in [0.25, 0.3) is 0 Å². The molecule has 0 aromatic heterocycles. The molecule has 1 aliphatic rings. The van der Waals surface area contributed by atoms with E-state index in [1.165, 1.54) is 0 Å². The van der Waals surface area contributed by atoms with Gasteiger partial charge in [-0.25, -0.2) is 0 Å². The van der Waals surface area contributed by atoms with Gasteiger partial charge >= 0.3 is 0 Å². The zero-order valence-electron chi connectivity index (χ0n) is 11.0. The third-order valence-electron chi connectivity index (χ3n) is 3.07. The summed E-state index contributed by atoms with van der Waals surface area (Å²) < 4.78 is 0. The molecule has 1 saturated heterocycles. The summed E-state index contributed by atoms with van der Waals surface area (Å²) in [6.07, 6.45) is 1.78. The third-order valence-corrected chi connectivity index (χ3v) is 3.07. The van der Waals surface area contributed by atoms with E-state index < -0.39 is 0 Å². The van der Waals surface area contributed by atoms with Crippen LogP contribution in [0.2, 0.25) is 0 Å². The predicted molar refractivity (Wildman–Crippen MR) is 64.0 cm³/mol. The van der Waals surface area contributed by atoms with Crippen molar-refractivity contribution < 1.29 is 9.59 Å². The van der Waals surface area contributed by atoms with Gasteiger partial charge in [0.2, 0.25) is 5.91 Å². The second-order valence-electron chi connectivity index (χ2n) is 5.96. The number of hydrogen-bond donors (Lipinski definition) is 0. The van der Waals surface area contributed by atoms with Gasteiger partial charge in [-0.15, -0.1) is 0 Å². The zero-order chi connectivity index (χ0) is 12.5. The summed E-state index contributed by atoms with van der Waals surface area (Å²) >= 11 is 0. The second kappa shape index (κ2) is 4.56. The lowest BCUT2D eigenvalue weighted by Crippen LogP contribution is -2.46. The first-order valence-electron chi connectivity index (χ1n) is 6.10. The molecule has 0 radical (unpaired) electrons. The molecule has 1 unspecified atom stereocenters. The van der Waals surface area contributed by atoms with Gasteiger partial charge in [-0.05, 0) is 12.8 Å². The van der Waals surface area contributed by atoms with Gasteiger partial charge in [-0.3, -0.25) is 9.59 Å². The summed E-state index contributed by atoms with van der Waals surface area (Å²) in [4.78, 5) is 25.9. The highest BCUT2D eigenvalue weighted by Gasteiger charge is 2.39. The van der Waals surface area contributed by atoms with Crippen molar-refractivity contribution >= 4 is 11.7 Å². The Labute approximate surface area is 98.2 Å². The molecule has 3 nitrogen and oxygen atoms in total. The van der Waals surface area contributed by atoms with Crippen LogP contribution in [0.4, 0.5) is 0 Å². The Bertz CT molecular complexity index is 289. The molecule has 1 fully saturated rings. The normalized spacial score (nSPS) is 21.6. The van der Waals surface area contributed by atoms with Crippen LogP contribution in [0.1, 0.15) is 47.5 Å². The van der Waals surface area contributed by atoms with Gasteiger partial charge in [0.1, 0.15) is 0 Å². The van der Waals surface area contributed by atoms with E-state index in [0.29, 0.717) is 0 Å². The molecule has 0 aromatic rings. The molecular formula is C13H23NO2. The summed E-state index contributed by atoms with van der Waals surface area (Å²) in [6.45, 7) is 10.3. The van der Waals surface area contributed by atoms with Crippen LogP contribution < -0.4 is 0 Å². The van der Waals surface area contributed by atoms with E-state index in [2.05, 4.69) is 0 Å². The van der Waals surface area contributed by atoms with Crippen molar-refractivity contribution in [2.24, 2.45) is 11.3 Å². The summed E-state index contributed by atoms with van der Waals surface area (Å²) in [7, 11) is 0. The molecule has 3 heteroatoms. The van der Waals surface area contributed by atoms with E-state index in [4.69, 9.17) is 0 Å². The molecule has 1 aliphatic heterocycles. The smallest absolute Gasteiger partial charge is 0.225 e. The van der Waals surface area contributed by atoms with Crippen LogP contribution >= 0.6 is 0 Å². The van der Waals surface area contributed by atoms with E-state index in [1.54, 1.807) is 4.90 Å². The molecular weight excluding hydrogens is 202 g/mol. The molecule has 1 rings (SSSR count). The Morgan fingerprint density at radius 2 is 1.81 bits per heavy atom. The van der Waals surface area contributed by atoms with Crippen molar-refractivity contribution in [3.8, 4) is 0 Å². The fraction of sp³-hybridized carbons (Fsp3) is 0.846. The van der Waals surface area contributed by atoms with Crippen LogP contribution in [0.15, 0.2) is 0 Å². The molecule has 0 spiro atoms. The van der Waals surface area contributed by atoms with Crippen molar-refractivity contribution in [1.82, 2.24) is 4.90 Å². The Morgan fingerprint density at radius 3 is 2.25 bits per heavy atom. The maximum absolute atomic E-state index is 12.2. The lowest BCUT2D eigenvalue weighted by Gasteiger charge is -2.30. The number of amides is 1. The number of Topliss-reactive ketones (excluding diaryl/α,β-unsaturated/α-hetero) is 1. The fourth-order valence-electron chi connectivity index (χ4n) is 2.13. The van der Waals surface area contributed by atoms with Gasteiger partial charge in [0.25, 0.3) is 0 Å². The van der Waals surface area contributed by atoms with Crippen molar-refractivity contribution in [3.63, 3.8) is 0 Å². The molecule has 0 N–H and O–H groups in total. The van der Waals surface area contributed by atoms with Crippen LogP contribution in [-0.2, 0) is 9.59 Å². The average Bonchev–Trinajstić information content (AvgIpc) is 2.61. The van der Waals surface area contributed by atoms with Gasteiger partial charge in [-0.2, -0.15) is 0 Å². The number of carbonyl (C=O) groups excluding carboxylic acids is 2. The molecule has 1 atom stereocenters. The Hall–Kier alpha value is -0.860. The predicted octanol–water partition coefficient (Wildman–Crippen LogP) is 2.25. The van der Waals surface area contributed by atoms with E-state index in [-0.39, 0.29) is 29.1 Å². The standard InChI is InChI=1S/C13H23NO2/c1-9(2)12(16)14-8-6-7-10(14)11(15)13(3,4)5/h9-10H,6-8H2,1-5H3. The first-order valence-corrected chi connectivity index (χ1v) is 6.10. The molecule has 1 heterocycles. The summed E-state index contributed by atoms with van der Waals surface area (Å²) in [5.41, 5.74) is -0.357. The van der Waals surface area contributed by atoms with E-state index in [9.17, 15) is 9.59 Å². The lowest BCUT2D eigenvalue weighted by molar-refractivity contribution is -0.142. The van der Waals surface area contributed by atoms with Crippen LogP contribution in [0.5, 0.6) is 0 Å². The van der Waals surface area contributed by atoms with Gasteiger partial charge < -0.3 is 4.90 Å². The second-order valence-corrected chi connectivity index (χ2v) is 5.96. The quantitative estimate of drug-likeness (QED) is 0.723. The van der Waals surface area contributed by atoms with Gasteiger partial charge in [0.05, 0.1) is 6.04 Å². The maximum Gasteiger partial charge on any atom is 0.225 e. The topological polar surface area (TPSA) is 37.4 Å². The highest BCUT2D eigenvalue weighted by molar-refractivity contribution is 5.93. The average molecular weight is 225 g/mol. The Kier molecular flexibility index (Phi) is 3.76. The van der Waals surface area contributed by atoms with Gasteiger partial charge in [0, 0.05) is 17.9 Å². The molecule has 16 heavy (non-hydrogen) atoms. The third kappa shape index (κ3) is 2.63. The number of ketones is 1. The summed E-state index contributed by atoms with van der Waals surface area (Å²) in [5.74, 6) is 0.285. The molecule has 0 saturated carbocycles. The molecule has 1 amide bonds.